The second-order valence-corrected chi connectivity index (χ2v) is 8.51. The average molecular weight is 506 g/mol. The van der Waals surface area contributed by atoms with Gasteiger partial charge >= 0.3 is 6.03 Å². The maximum Gasteiger partial charge on any atom is 0.339 e. The van der Waals surface area contributed by atoms with E-state index >= 15 is 0 Å². The minimum atomic E-state index is -0.570. The van der Waals surface area contributed by atoms with Crippen LogP contribution in [0.5, 0.6) is 0 Å². The zero-order valence-corrected chi connectivity index (χ0v) is 19.1. The van der Waals surface area contributed by atoms with Gasteiger partial charge in [-0.05, 0) is 66.6 Å². The van der Waals surface area contributed by atoms with Crippen LogP contribution in [0.25, 0.3) is 0 Å². The molecule has 0 aliphatic heterocycles. The van der Waals surface area contributed by atoms with E-state index in [0.29, 0.717) is 27.9 Å². The molecule has 0 aromatic heterocycles. The molecule has 4 rings (SSSR count). The zero-order chi connectivity index (χ0) is 23.5. The van der Waals surface area contributed by atoms with E-state index < -0.39 is 23.8 Å². The number of carbonyl (C=O) groups excluding carboxylic acids is 2. The number of rotatable bonds is 4. The Kier molecular flexibility index (Phi) is 6.83. The normalized spacial score (nSPS) is 15.8. The van der Waals surface area contributed by atoms with Crippen molar-refractivity contribution < 1.29 is 14.0 Å². The molecule has 10 heteroatoms. The molecule has 3 amide bonds. The minimum absolute atomic E-state index is 0.00925. The van der Waals surface area contributed by atoms with Gasteiger partial charge in [0.25, 0.3) is 5.91 Å². The fourth-order valence-corrected chi connectivity index (χ4v) is 4.03. The van der Waals surface area contributed by atoms with Crippen molar-refractivity contribution in [3.8, 4) is 0 Å². The Hall–Kier alpha value is -3.13. The van der Waals surface area contributed by atoms with Gasteiger partial charge in [0.05, 0.1) is 22.3 Å². The highest BCUT2D eigenvalue weighted by Crippen LogP contribution is 2.27. The first-order valence-corrected chi connectivity index (χ1v) is 10.9. The Balaban J connectivity index is 1.55. The summed E-state index contributed by atoms with van der Waals surface area (Å²) >= 11 is 18.0. The Morgan fingerprint density at radius 3 is 2.39 bits per heavy atom. The molecule has 6 nitrogen and oxygen atoms in total. The number of anilines is 1. The van der Waals surface area contributed by atoms with E-state index in [2.05, 4.69) is 21.2 Å². The summed E-state index contributed by atoms with van der Waals surface area (Å²) in [6.45, 7) is 0. The van der Waals surface area contributed by atoms with Crippen LogP contribution in [0.15, 0.2) is 65.8 Å². The van der Waals surface area contributed by atoms with Crippen LogP contribution in [0.4, 0.5) is 14.9 Å². The van der Waals surface area contributed by atoms with Crippen molar-refractivity contribution in [2.45, 2.75) is 12.5 Å². The standard InChI is InChI=1S/C23H16Cl3FN4O2/c24-13-1-5-16(6-2-13)28-23(33)31-30-21-17-7-3-14(25)9-12(17)10-20(21)29-22(32)18-8-4-15(27)11-19(18)26/h1-9,11,20H,10H2,(H,29,32)(H2,28,31,33)/b30-21+. The summed E-state index contributed by atoms with van der Waals surface area (Å²) in [5, 5.41) is 10.8. The van der Waals surface area contributed by atoms with Gasteiger partial charge in [-0.1, -0.05) is 40.9 Å². The molecule has 1 aliphatic rings. The van der Waals surface area contributed by atoms with Gasteiger partial charge in [-0.25, -0.2) is 14.6 Å². The summed E-state index contributed by atoms with van der Waals surface area (Å²) < 4.78 is 13.3. The van der Waals surface area contributed by atoms with E-state index in [0.717, 1.165) is 23.3 Å². The summed E-state index contributed by atoms with van der Waals surface area (Å²) in [5.74, 6) is -1.04. The van der Waals surface area contributed by atoms with E-state index in [1.165, 1.54) is 6.07 Å². The lowest BCUT2D eigenvalue weighted by molar-refractivity contribution is 0.0947. The largest absolute Gasteiger partial charge is 0.343 e. The van der Waals surface area contributed by atoms with E-state index in [9.17, 15) is 14.0 Å². The number of halogens is 4. The van der Waals surface area contributed by atoms with Crippen LogP contribution in [0, 0.1) is 5.82 Å². The number of fused-ring (bicyclic) bond motifs is 1. The van der Waals surface area contributed by atoms with Crippen molar-refractivity contribution in [3.63, 3.8) is 0 Å². The summed E-state index contributed by atoms with van der Waals surface area (Å²) in [4.78, 5) is 25.1. The number of hydrogen-bond acceptors (Lipinski definition) is 3. The average Bonchev–Trinajstić information content (AvgIpc) is 3.09. The maximum atomic E-state index is 13.3. The predicted molar refractivity (Wildman–Crippen MR) is 128 cm³/mol. The molecule has 0 bridgehead atoms. The first kappa shape index (κ1) is 23.0. The number of hydrazone groups is 1. The number of hydrogen-bond donors (Lipinski definition) is 3. The SMILES string of the molecule is O=C(N/N=C1\c2ccc(Cl)cc2CC1NC(=O)c1ccc(F)cc1Cl)Nc1ccc(Cl)cc1. The number of amides is 3. The molecule has 3 aromatic carbocycles. The van der Waals surface area contributed by atoms with Gasteiger partial charge in [-0.2, -0.15) is 5.10 Å². The van der Waals surface area contributed by atoms with Crippen molar-refractivity contribution in [1.82, 2.24) is 10.7 Å². The third-order valence-electron chi connectivity index (χ3n) is 4.96. The van der Waals surface area contributed by atoms with Gasteiger partial charge in [-0.3, -0.25) is 4.79 Å². The quantitative estimate of drug-likeness (QED) is 0.400. The van der Waals surface area contributed by atoms with Crippen molar-refractivity contribution in [3.05, 3.63) is 98.2 Å². The zero-order valence-electron chi connectivity index (χ0n) is 16.8. The summed E-state index contributed by atoms with van der Waals surface area (Å²) in [6.07, 6.45) is 0.403. The number of nitrogens with zero attached hydrogens (tertiary/aromatic N) is 1. The van der Waals surface area contributed by atoms with Crippen LogP contribution in [-0.4, -0.2) is 23.7 Å². The summed E-state index contributed by atoms with van der Waals surface area (Å²) in [7, 11) is 0. The molecule has 0 radical (unpaired) electrons. The van der Waals surface area contributed by atoms with Crippen molar-refractivity contribution >= 4 is 58.1 Å². The summed E-state index contributed by atoms with van der Waals surface area (Å²) in [5.41, 5.74) is 5.15. The van der Waals surface area contributed by atoms with E-state index in [4.69, 9.17) is 34.8 Å². The van der Waals surface area contributed by atoms with Crippen molar-refractivity contribution in [2.24, 2.45) is 5.10 Å². The van der Waals surface area contributed by atoms with Gasteiger partial charge in [0.15, 0.2) is 0 Å². The molecular weight excluding hydrogens is 490 g/mol. The van der Waals surface area contributed by atoms with Gasteiger partial charge < -0.3 is 10.6 Å². The highest BCUT2D eigenvalue weighted by atomic mass is 35.5. The molecule has 0 saturated heterocycles. The molecule has 1 aliphatic carbocycles. The molecule has 168 valence electrons. The van der Waals surface area contributed by atoms with Gasteiger partial charge in [0.1, 0.15) is 5.82 Å². The number of nitrogens with one attached hydrogen (secondary N) is 3. The third kappa shape index (κ3) is 5.45. The smallest absolute Gasteiger partial charge is 0.339 e. The second kappa shape index (κ2) is 9.79. The maximum absolute atomic E-state index is 13.3. The molecule has 1 atom stereocenters. The molecule has 1 unspecified atom stereocenters. The minimum Gasteiger partial charge on any atom is -0.343 e. The van der Waals surface area contributed by atoms with Crippen molar-refractivity contribution in [1.29, 1.82) is 0 Å². The third-order valence-corrected chi connectivity index (χ3v) is 5.76. The molecule has 0 saturated carbocycles. The summed E-state index contributed by atoms with van der Waals surface area (Å²) in [6, 6.07) is 14.2. The molecule has 3 aromatic rings. The molecule has 0 spiro atoms. The van der Waals surface area contributed by atoms with E-state index in [-0.39, 0.29) is 10.6 Å². The van der Waals surface area contributed by atoms with Gasteiger partial charge in [0, 0.05) is 21.3 Å². The molecule has 0 fully saturated rings. The number of carbonyl (C=O) groups is 2. The highest BCUT2D eigenvalue weighted by Gasteiger charge is 2.31. The Labute approximate surface area is 203 Å². The number of benzene rings is 3. The molecule has 3 N–H and O–H groups in total. The van der Waals surface area contributed by atoms with Crippen LogP contribution < -0.4 is 16.1 Å². The van der Waals surface area contributed by atoms with E-state index in [1.807, 2.05) is 0 Å². The number of urea groups is 1. The van der Waals surface area contributed by atoms with Crippen LogP contribution >= 0.6 is 34.8 Å². The lowest BCUT2D eigenvalue weighted by atomic mass is 10.1. The van der Waals surface area contributed by atoms with Crippen LogP contribution in [0.2, 0.25) is 15.1 Å². The lowest BCUT2D eigenvalue weighted by Gasteiger charge is -2.15. The highest BCUT2D eigenvalue weighted by molar-refractivity contribution is 6.34. The van der Waals surface area contributed by atoms with Crippen LogP contribution in [0.1, 0.15) is 21.5 Å². The molecular formula is C23H16Cl3FN4O2. The topological polar surface area (TPSA) is 82.6 Å². The monoisotopic (exact) mass is 504 g/mol. The van der Waals surface area contributed by atoms with Crippen LogP contribution in [0.3, 0.4) is 0 Å². The van der Waals surface area contributed by atoms with Gasteiger partial charge in [-0.15, -0.1) is 0 Å². The predicted octanol–water partition coefficient (Wildman–Crippen LogP) is 5.67. The molecule has 0 heterocycles. The first-order chi connectivity index (χ1) is 15.8. The van der Waals surface area contributed by atoms with Crippen LogP contribution in [-0.2, 0) is 6.42 Å². The lowest BCUT2D eigenvalue weighted by Crippen LogP contribution is -2.40. The Bertz CT molecular complexity index is 1270. The fourth-order valence-electron chi connectivity index (χ4n) is 3.46. The van der Waals surface area contributed by atoms with Crippen molar-refractivity contribution in [2.75, 3.05) is 5.32 Å². The Morgan fingerprint density at radius 1 is 0.939 bits per heavy atom. The second-order valence-electron chi connectivity index (χ2n) is 7.23. The van der Waals surface area contributed by atoms with E-state index in [1.54, 1.807) is 42.5 Å². The molecule has 33 heavy (non-hydrogen) atoms. The Morgan fingerprint density at radius 2 is 1.67 bits per heavy atom. The van der Waals surface area contributed by atoms with Gasteiger partial charge in [0.2, 0.25) is 0 Å². The fraction of sp³-hybridized carbons (Fsp3) is 0.0870. The first-order valence-electron chi connectivity index (χ1n) is 9.75.